The van der Waals surface area contributed by atoms with E-state index in [-0.39, 0.29) is 0 Å². The molecule has 0 saturated carbocycles. The predicted molar refractivity (Wildman–Crippen MR) is 113 cm³/mol. The van der Waals surface area contributed by atoms with Crippen molar-refractivity contribution in [3.8, 4) is 5.75 Å². The van der Waals surface area contributed by atoms with Crippen LogP contribution in [-0.2, 0) is 11.0 Å². The highest BCUT2D eigenvalue weighted by Crippen LogP contribution is 2.40. The normalized spacial score (nSPS) is 14.4. The number of nitrogens with one attached hydrogen (secondary N) is 1. The Kier molecular flexibility index (Phi) is 4.42. The fourth-order valence-corrected chi connectivity index (χ4v) is 4.84. The molecule has 1 aliphatic rings. The van der Waals surface area contributed by atoms with E-state index in [4.69, 9.17) is 4.74 Å². The van der Waals surface area contributed by atoms with Crippen LogP contribution in [0.1, 0.15) is 0 Å². The maximum atomic E-state index is 12.6. The minimum absolute atomic E-state index is 0.555. The fraction of sp³-hybridized carbons (Fsp3) is 0.100. The van der Waals surface area contributed by atoms with E-state index in [0.29, 0.717) is 16.6 Å². The Morgan fingerprint density at radius 3 is 3.00 bits per heavy atom. The van der Waals surface area contributed by atoms with Gasteiger partial charge in [-0.25, -0.2) is 9.19 Å². The highest BCUT2D eigenvalue weighted by Gasteiger charge is 2.22. The Hall–Kier alpha value is -2.97. The van der Waals surface area contributed by atoms with E-state index in [2.05, 4.69) is 31.7 Å². The third kappa shape index (κ3) is 3.10. The van der Waals surface area contributed by atoms with Crippen molar-refractivity contribution in [1.29, 1.82) is 0 Å². The summed E-state index contributed by atoms with van der Waals surface area (Å²) in [6.45, 7) is 1.29. The van der Waals surface area contributed by atoms with Gasteiger partial charge < -0.3 is 9.64 Å². The molecule has 1 unspecified atom stereocenters. The van der Waals surface area contributed by atoms with Crippen molar-refractivity contribution < 1.29 is 8.95 Å². The van der Waals surface area contributed by atoms with Gasteiger partial charge >= 0.3 is 0 Å². The van der Waals surface area contributed by atoms with E-state index < -0.39 is 11.0 Å². The molecule has 8 heteroatoms. The van der Waals surface area contributed by atoms with Crippen LogP contribution in [0.25, 0.3) is 10.8 Å². The summed E-state index contributed by atoms with van der Waals surface area (Å²) in [5.74, 6) is 0.721. The van der Waals surface area contributed by atoms with Gasteiger partial charge in [-0.3, -0.25) is 9.71 Å². The van der Waals surface area contributed by atoms with Crippen molar-refractivity contribution in [2.45, 2.75) is 4.90 Å². The first-order chi connectivity index (χ1) is 13.8. The van der Waals surface area contributed by atoms with E-state index in [0.717, 1.165) is 34.4 Å². The number of thiazole rings is 1. The van der Waals surface area contributed by atoms with Crippen LogP contribution in [0.3, 0.4) is 0 Å². The standard InChI is InChI=1S/C20H16N4O2S2/c25-28(23-20-22-8-11-27-20)15-4-5-18-19(12-15)26-10-9-24(18)17-3-1-2-14-6-7-21-13-16(14)17/h1-8,11-13H,9-10H2,(H,22,23). The summed E-state index contributed by atoms with van der Waals surface area (Å²) in [5.41, 5.74) is 2.04. The van der Waals surface area contributed by atoms with Crippen LogP contribution in [-0.4, -0.2) is 27.3 Å². The minimum atomic E-state index is -1.40. The number of pyridine rings is 1. The Balaban J connectivity index is 1.51. The van der Waals surface area contributed by atoms with Crippen molar-refractivity contribution in [1.82, 2.24) is 9.97 Å². The molecule has 0 aliphatic carbocycles. The monoisotopic (exact) mass is 408 g/mol. The second-order valence-corrected chi connectivity index (χ2v) is 8.32. The lowest BCUT2D eigenvalue weighted by Gasteiger charge is -2.32. The Morgan fingerprint density at radius 1 is 1.14 bits per heavy atom. The molecule has 28 heavy (non-hydrogen) atoms. The van der Waals surface area contributed by atoms with Crippen LogP contribution in [0.2, 0.25) is 0 Å². The van der Waals surface area contributed by atoms with Gasteiger partial charge in [0.05, 0.1) is 22.8 Å². The number of benzene rings is 2. The Bertz CT molecular complexity index is 1160. The molecule has 1 atom stereocenters. The lowest BCUT2D eigenvalue weighted by Crippen LogP contribution is -2.28. The molecule has 140 valence electrons. The highest BCUT2D eigenvalue weighted by molar-refractivity contribution is 7.86. The van der Waals surface area contributed by atoms with E-state index >= 15 is 0 Å². The van der Waals surface area contributed by atoms with Gasteiger partial charge in [-0.05, 0) is 29.7 Å². The predicted octanol–water partition coefficient (Wildman–Crippen LogP) is 4.36. The van der Waals surface area contributed by atoms with Crippen LogP contribution in [0.15, 0.2) is 71.3 Å². The summed E-state index contributed by atoms with van der Waals surface area (Å²) in [5, 5.41) is 4.70. The molecule has 0 fully saturated rings. The lowest BCUT2D eigenvalue weighted by molar-refractivity contribution is 0.313. The smallest absolute Gasteiger partial charge is 0.194 e. The van der Waals surface area contributed by atoms with Gasteiger partial charge in [-0.1, -0.05) is 12.1 Å². The topological polar surface area (TPSA) is 67.3 Å². The lowest BCUT2D eigenvalue weighted by atomic mass is 10.1. The molecule has 0 radical (unpaired) electrons. The molecule has 6 nitrogen and oxygen atoms in total. The van der Waals surface area contributed by atoms with Crippen molar-refractivity contribution in [2.24, 2.45) is 0 Å². The van der Waals surface area contributed by atoms with Gasteiger partial charge in [0.1, 0.15) is 12.4 Å². The summed E-state index contributed by atoms with van der Waals surface area (Å²) >= 11 is 1.41. The zero-order valence-corrected chi connectivity index (χ0v) is 16.4. The van der Waals surface area contributed by atoms with Crippen LogP contribution in [0.5, 0.6) is 5.75 Å². The first-order valence-electron chi connectivity index (χ1n) is 8.75. The molecule has 1 N–H and O–H groups in total. The first kappa shape index (κ1) is 17.2. The van der Waals surface area contributed by atoms with E-state index in [1.807, 2.05) is 41.9 Å². The SMILES string of the molecule is O=S(Nc1nccs1)c1ccc2c(c1)OCCN2c1cccc2ccncc12. The number of ether oxygens (including phenoxy) is 1. The van der Waals surface area contributed by atoms with Gasteiger partial charge in [0.2, 0.25) is 0 Å². The molecule has 0 saturated heterocycles. The van der Waals surface area contributed by atoms with Crippen LogP contribution in [0, 0.1) is 0 Å². The molecule has 0 spiro atoms. The zero-order valence-electron chi connectivity index (χ0n) is 14.7. The minimum Gasteiger partial charge on any atom is -0.489 e. The van der Waals surface area contributed by atoms with Gasteiger partial charge in [-0.15, -0.1) is 11.3 Å². The average molecular weight is 409 g/mol. The summed E-state index contributed by atoms with van der Waals surface area (Å²) in [4.78, 5) is 11.3. The van der Waals surface area contributed by atoms with Crippen LogP contribution >= 0.6 is 11.3 Å². The summed E-state index contributed by atoms with van der Waals surface area (Å²) in [6, 6.07) is 13.9. The van der Waals surface area contributed by atoms with Crippen molar-refractivity contribution in [3.05, 3.63) is 66.4 Å². The molecule has 3 heterocycles. The van der Waals surface area contributed by atoms with Gasteiger partial charge in [-0.2, -0.15) is 0 Å². The van der Waals surface area contributed by atoms with Crippen molar-refractivity contribution in [3.63, 3.8) is 0 Å². The maximum absolute atomic E-state index is 12.6. The van der Waals surface area contributed by atoms with Gasteiger partial charge in [0.25, 0.3) is 0 Å². The Labute approximate surface area is 168 Å². The number of rotatable bonds is 4. The Morgan fingerprint density at radius 2 is 2.11 bits per heavy atom. The third-order valence-corrected chi connectivity index (χ3v) is 6.45. The number of hydrogen-bond acceptors (Lipinski definition) is 6. The largest absolute Gasteiger partial charge is 0.489 e. The molecular formula is C20H16N4O2S2. The molecule has 2 aromatic carbocycles. The molecule has 0 amide bonds. The van der Waals surface area contributed by atoms with Crippen molar-refractivity contribution >= 4 is 49.6 Å². The molecule has 2 aromatic heterocycles. The van der Waals surface area contributed by atoms with E-state index in [1.54, 1.807) is 12.4 Å². The molecule has 0 bridgehead atoms. The average Bonchev–Trinajstić information content (AvgIpc) is 3.25. The highest BCUT2D eigenvalue weighted by atomic mass is 32.2. The summed E-state index contributed by atoms with van der Waals surface area (Å²) < 4.78 is 21.4. The number of aromatic nitrogens is 2. The second-order valence-electron chi connectivity index (χ2n) is 6.21. The summed E-state index contributed by atoms with van der Waals surface area (Å²) in [7, 11) is -1.40. The van der Waals surface area contributed by atoms with Gasteiger partial charge in [0.15, 0.2) is 16.1 Å². The van der Waals surface area contributed by atoms with E-state index in [1.165, 1.54) is 11.3 Å². The van der Waals surface area contributed by atoms with E-state index in [9.17, 15) is 4.21 Å². The third-order valence-electron chi connectivity index (χ3n) is 4.57. The summed E-state index contributed by atoms with van der Waals surface area (Å²) in [6.07, 6.45) is 5.37. The molecule has 1 aliphatic heterocycles. The first-order valence-corrected chi connectivity index (χ1v) is 10.8. The molecule has 5 rings (SSSR count). The number of anilines is 3. The number of hydrogen-bond donors (Lipinski definition) is 1. The van der Waals surface area contributed by atoms with Crippen LogP contribution < -0.4 is 14.4 Å². The quantitative estimate of drug-likeness (QED) is 0.544. The van der Waals surface area contributed by atoms with Crippen molar-refractivity contribution in [2.75, 3.05) is 22.8 Å². The molecular weight excluding hydrogens is 392 g/mol. The number of fused-ring (bicyclic) bond motifs is 2. The number of nitrogens with zero attached hydrogens (tertiary/aromatic N) is 3. The molecule has 4 aromatic rings. The van der Waals surface area contributed by atoms with Gasteiger partial charge in [0, 0.05) is 35.4 Å². The maximum Gasteiger partial charge on any atom is 0.194 e. The fourth-order valence-electron chi connectivity index (χ4n) is 3.31. The second kappa shape index (κ2) is 7.21. The van der Waals surface area contributed by atoms with Crippen LogP contribution in [0.4, 0.5) is 16.5 Å². The zero-order chi connectivity index (χ0) is 18.9.